The van der Waals surface area contributed by atoms with Crippen LogP contribution in [0, 0.1) is 15.1 Å². The topological polar surface area (TPSA) is 66.0 Å². The molecular formula is C14H7BrClIN2O2. The van der Waals surface area contributed by atoms with Crippen LogP contribution >= 0.6 is 50.1 Å². The third kappa shape index (κ3) is 4.09. The fourth-order valence-corrected chi connectivity index (χ4v) is 2.38. The molecule has 0 aliphatic carbocycles. The highest BCUT2D eigenvalue weighted by atomic mass is 127. The Morgan fingerprint density at radius 3 is 2.76 bits per heavy atom. The van der Waals surface area contributed by atoms with E-state index in [1.165, 1.54) is 6.08 Å². The number of hydrogen-bond donors (Lipinski definition) is 1. The number of hydrogen-bond acceptors (Lipinski definition) is 3. The van der Waals surface area contributed by atoms with Crippen LogP contribution in [-0.4, -0.2) is 5.91 Å². The maximum absolute atomic E-state index is 12.1. The normalized spacial score (nSPS) is 11.0. The zero-order valence-corrected chi connectivity index (χ0v) is 14.9. The molecule has 1 aromatic carbocycles. The van der Waals surface area contributed by atoms with Crippen LogP contribution in [0.25, 0.3) is 6.08 Å². The van der Waals surface area contributed by atoms with Gasteiger partial charge in [0.2, 0.25) is 0 Å². The van der Waals surface area contributed by atoms with E-state index in [1.807, 2.05) is 28.7 Å². The molecule has 0 spiro atoms. The van der Waals surface area contributed by atoms with Gasteiger partial charge in [-0.05, 0) is 34.1 Å². The van der Waals surface area contributed by atoms with Crippen molar-refractivity contribution in [2.45, 2.75) is 0 Å². The third-order valence-corrected chi connectivity index (χ3v) is 4.90. The maximum Gasteiger partial charge on any atom is 0.266 e. The molecule has 7 heteroatoms. The monoisotopic (exact) mass is 476 g/mol. The third-order valence-electron chi connectivity index (χ3n) is 2.44. The Labute approximate surface area is 148 Å². The lowest BCUT2D eigenvalue weighted by molar-refractivity contribution is -0.112. The number of carbonyl (C=O) groups is 1. The van der Waals surface area contributed by atoms with Crippen molar-refractivity contribution in [1.29, 1.82) is 5.26 Å². The van der Waals surface area contributed by atoms with Gasteiger partial charge in [0.15, 0.2) is 3.77 Å². The molecule has 2 aromatic rings. The number of nitrogens with zero attached hydrogens (tertiary/aromatic N) is 1. The predicted molar refractivity (Wildman–Crippen MR) is 92.8 cm³/mol. The van der Waals surface area contributed by atoms with Crippen LogP contribution in [0.2, 0.25) is 5.02 Å². The largest absolute Gasteiger partial charge is 0.450 e. The summed E-state index contributed by atoms with van der Waals surface area (Å²) in [6.07, 6.45) is 1.37. The number of benzene rings is 1. The summed E-state index contributed by atoms with van der Waals surface area (Å²) in [5.74, 6) is -0.134. The summed E-state index contributed by atoms with van der Waals surface area (Å²) in [7, 11) is 0. The van der Waals surface area contributed by atoms with Crippen LogP contribution in [0.5, 0.6) is 0 Å². The highest BCUT2D eigenvalue weighted by Crippen LogP contribution is 2.25. The lowest BCUT2D eigenvalue weighted by Gasteiger charge is -2.05. The number of furan rings is 1. The molecule has 4 nitrogen and oxygen atoms in total. The van der Waals surface area contributed by atoms with E-state index in [1.54, 1.807) is 30.3 Å². The van der Waals surface area contributed by atoms with Gasteiger partial charge < -0.3 is 9.73 Å². The molecule has 1 N–H and O–H groups in total. The second kappa shape index (κ2) is 7.11. The molecule has 1 heterocycles. The molecule has 0 radical (unpaired) electrons. The predicted octanol–water partition coefficient (Wildman–Crippen LogP) is 4.85. The Morgan fingerprint density at radius 1 is 1.48 bits per heavy atom. The van der Waals surface area contributed by atoms with E-state index in [4.69, 9.17) is 21.3 Å². The average molecular weight is 477 g/mol. The number of carbonyl (C=O) groups excluding carboxylic acids is 1. The van der Waals surface area contributed by atoms with E-state index in [9.17, 15) is 4.79 Å². The zero-order valence-electron chi connectivity index (χ0n) is 10.4. The van der Waals surface area contributed by atoms with Crippen LogP contribution in [-0.2, 0) is 4.79 Å². The van der Waals surface area contributed by atoms with Crippen molar-refractivity contribution in [3.8, 4) is 6.07 Å². The van der Waals surface area contributed by atoms with Crippen LogP contribution < -0.4 is 5.32 Å². The van der Waals surface area contributed by atoms with Gasteiger partial charge in [0, 0.05) is 28.7 Å². The SMILES string of the molecule is N#C/C(=C/c1cc(Br)c(I)o1)C(=O)Nc1ccccc1Cl. The van der Waals surface area contributed by atoms with Gasteiger partial charge in [-0.15, -0.1) is 0 Å². The minimum atomic E-state index is -0.548. The lowest BCUT2D eigenvalue weighted by atomic mass is 10.2. The Kier molecular flexibility index (Phi) is 5.45. The Bertz CT molecular complexity index is 745. The molecule has 21 heavy (non-hydrogen) atoms. The summed E-state index contributed by atoms with van der Waals surface area (Å²) < 4.78 is 6.78. The number of nitrogens with one attached hydrogen (secondary N) is 1. The molecule has 0 fully saturated rings. The van der Waals surface area contributed by atoms with Crippen LogP contribution in [0.3, 0.4) is 0 Å². The van der Waals surface area contributed by atoms with Crippen LogP contribution in [0.15, 0.2) is 44.8 Å². The minimum absolute atomic E-state index is 0.0763. The van der Waals surface area contributed by atoms with Crippen molar-refractivity contribution in [3.05, 3.63) is 54.9 Å². The minimum Gasteiger partial charge on any atom is -0.450 e. The molecule has 0 saturated heterocycles. The summed E-state index contributed by atoms with van der Waals surface area (Å²) in [4.78, 5) is 12.1. The van der Waals surface area contributed by atoms with E-state index >= 15 is 0 Å². The van der Waals surface area contributed by atoms with E-state index in [0.717, 1.165) is 4.47 Å². The zero-order chi connectivity index (χ0) is 15.4. The maximum atomic E-state index is 12.1. The smallest absolute Gasteiger partial charge is 0.266 e. The number of anilines is 1. The fraction of sp³-hybridized carbons (Fsp3) is 0. The van der Waals surface area contributed by atoms with Gasteiger partial charge in [-0.2, -0.15) is 5.26 Å². The molecule has 2 rings (SSSR count). The molecule has 0 unspecified atom stereocenters. The Balaban J connectivity index is 2.24. The number of para-hydroxylation sites is 1. The first-order valence-electron chi connectivity index (χ1n) is 5.63. The van der Waals surface area contributed by atoms with Crippen LogP contribution in [0.4, 0.5) is 5.69 Å². The van der Waals surface area contributed by atoms with E-state index < -0.39 is 5.91 Å². The first-order valence-corrected chi connectivity index (χ1v) is 7.88. The van der Waals surface area contributed by atoms with Crippen molar-refractivity contribution in [2.24, 2.45) is 0 Å². The number of halogens is 3. The number of nitriles is 1. The molecule has 0 saturated carbocycles. The quantitative estimate of drug-likeness (QED) is 0.391. The van der Waals surface area contributed by atoms with Crippen molar-refractivity contribution in [3.63, 3.8) is 0 Å². The summed E-state index contributed by atoms with van der Waals surface area (Å²) in [5.41, 5.74) is 0.369. The average Bonchev–Trinajstić information content (AvgIpc) is 2.77. The molecular weight excluding hydrogens is 470 g/mol. The van der Waals surface area contributed by atoms with Gasteiger partial charge in [0.05, 0.1) is 15.2 Å². The number of rotatable bonds is 3. The highest BCUT2D eigenvalue weighted by Gasteiger charge is 2.13. The standard InChI is InChI=1S/C14H7BrClIN2O2/c15-10-6-9(21-13(10)17)5-8(7-18)14(20)19-12-4-2-1-3-11(12)16/h1-6H,(H,19,20)/b8-5-. The molecule has 0 bridgehead atoms. The number of amides is 1. The highest BCUT2D eigenvalue weighted by molar-refractivity contribution is 14.1. The molecule has 0 aliphatic rings. The first-order chi connectivity index (χ1) is 10.0. The Hall–Kier alpha value is -1.30. The molecule has 1 aromatic heterocycles. The summed E-state index contributed by atoms with van der Waals surface area (Å²) in [5, 5.41) is 12.1. The summed E-state index contributed by atoms with van der Waals surface area (Å²) in [6.45, 7) is 0. The Morgan fingerprint density at radius 2 is 2.19 bits per heavy atom. The van der Waals surface area contributed by atoms with Gasteiger partial charge in [-0.25, -0.2) is 0 Å². The first kappa shape index (κ1) is 16.1. The summed E-state index contributed by atoms with van der Waals surface area (Å²) in [6, 6.07) is 10.3. The second-order valence-corrected chi connectivity index (χ2v) is 6.12. The van der Waals surface area contributed by atoms with Crippen molar-refractivity contribution in [2.75, 3.05) is 5.32 Å². The van der Waals surface area contributed by atoms with Gasteiger partial charge in [-0.1, -0.05) is 23.7 Å². The van der Waals surface area contributed by atoms with E-state index in [-0.39, 0.29) is 5.57 Å². The van der Waals surface area contributed by atoms with Crippen molar-refractivity contribution >= 4 is 67.8 Å². The van der Waals surface area contributed by atoms with Gasteiger partial charge >= 0.3 is 0 Å². The van der Waals surface area contributed by atoms with Gasteiger partial charge in [0.25, 0.3) is 5.91 Å². The van der Waals surface area contributed by atoms with Crippen LogP contribution in [0.1, 0.15) is 5.76 Å². The molecule has 0 atom stereocenters. The second-order valence-electron chi connectivity index (χ2n) is 3.87. The molecule has 0 aliphatic heterocycles. The van der Waals surface area contributed by atoms with Crippen molar-refractivity contribution < 1.29 is 9.21 Å². The van der Waals surface area contributed by atoms with E-state index in [2.05, 4.69) is 21.2 Å². The molecule has 1 amide bonds. The summed E-state index contributed by atoms with van der Waals surface area (Å²) >= 11 is 11.3. The van der Waals surface area contributed by atoms with E-state index in [0.29, 0.717) is 20.2 Å². The van der Waals surface area contributed by atoms with Gasteiger partial charge in [0.1, 0.15) is 17.4 Å². The fourth-order valence-electron chi connectivity index (χ4n) is 1.48. The van der Waals surface area contributed by atoms with Gasteiger partial charge in [-0.3, -0.25) is 4.79 Å². The van der Waals surface area contributed by atoms with Crippen molar-refractivity contribution in [1.82, 2.24) is 0 Å². The molecule has 106 valence electrons. The lowest BCUT2D eigenvalue weighted by Crippen LogP contribution is -2.13.